The van der Waals surface area contributed by atoms with Crippen molar-refractivity contribution in [3.05, 3.63) is 69.2 Å². The topological polar surface area (TPSA) is 90.6 Å². The summed E-state index contributed by atoms with van der Waals surface area (Å²) in [6, 6.07) is 6.68. The SMILES string of the molecule is O=C(Nc1nc(-c2ccc3[nH]c(=O)[nH]c3c2)cs1)c1ccc(F)c(F)c1F. The third-order valence-corrected chi connectivity index (χ3v) is 4.57. The van der Waals surface area contributed by atoms with Crippen LogP contribution >= 0.6 is 11.3 Å². The fourth-order valence-corrected chi connectivity index (χ4v) is 3.24. The Kier molecular flexibility index (Phi) is 4.04. The number of nitrogens with one attached hydrogen (secondary N) is 3. The van der Waals surface area contributed by atoms with Gasteiger partial charge in [0.1, 0.15) is 0 Å². The van der Waals surface area contributed by atoms with Gasteiger partial charge in [-0.1, -0.05) is 6.07 Å². The Balaban J connectivity index is 1.59. The second-order valence-electron chi connectivity index (χ2n) is 5.55. The van der Waals surface area contributed by atoms with Gasteiger partial charge < -0.3 is 9.97 Å². The van der Waals surface area contributed by atoms with Gasteiger partial charge in [0.15, 0.2) is 22.6 Å². The van der Waals surface area contributed by atoms with E-state index in [1.54, 1.807) is 23.6 Å². The van der Waals surface area contributed by atoms with Crippen LogP contribution in [0.2, 0.25) is 0 Å². The molecule has 2 heterocycles. The van der Waals surface area contributed by atoms with Gasteiger partial charge >= 0.3 is 5.69 Å². The summed E-state index contributed by atoms with van der Waals surface area (Å²) in [5.41, 5.74) is 1.48. The number of fused-ring (bicyclic) bond motifs is 1. The number of hydrogen-bond acceptors (Lipinski definition) is 4. The van der Waals surface area contributed by atoms with E-state index in [1.807, 2.05) is 0 Å². The second kappa shape index (κ2) is 6.40. The van der Waals surface area contributed by atoms with Crippen LogP contribution in [0.1, 0.15) is 10.4 Å². The maximum Gasteiger partial charge on any atom is 0.323 e. The Morgan fingerprint density at radius 1 is 1.04 bits per heavy atom. The van der Waals surface area contributed by atoms with Crippen LogP contribution in [-0.4, -0.2) is 20.9 Å². The van der Waals surface area contributed by atoms with Crippen LogP contribution in [0.3, 0.4) is 0 Å². The number of amides is 1. The van der Waals surface area contributed by atoms with Crippen LogP contribution in [0, 0.1) is 17.5 Å². The van der Waals surface area contributed by atoms with Crippen molar-refractivity contribution in [2.24, 2.45) is 0 Å². The minimum absolute atomic E-state index is 0.154. The number of rotatable bonds is 3. The molecule has 2 aromatic heterocycles. The van der Waals surface area contributed by atoms with Gasteiger partial charge in [0.05, 0.1) is 22.3 Å². The number of carbonyl (C=O) groups excluding carboxylic acids is 1. The first kappa shape index (κ1) is 17.0. The van der Waals surface area contributed by atoms with Crippen molar-refractivity contribution in [1.29, 1.82) is 0 Å². The number of H-pyrrole nitrogens is 2. The molecule has 0 aliphatic carbocycles. The Morgan fingerprint density at radius 2 is 1.81 bits per heavy atom. The van der Waals surface area contributed by atoms with Crippen molar-refractivity contribution in [3.8, 4) is 11.3 Å². The molecule has 1 amide bonds. The molecule has 0 radical (unpaired) electrons. The summed E-state index contributed by atoms with van der Waals surface area (Å²) in [6.07, 6.45) is 0. The fourth-order valence-electron chi connectivity index (χ4n) is 2.52. The zero-order valence-corrected chi connectivity index (χ0v) is 14.1. The number of carbonyl (C=O) groups is 1. The number of anilines is 1. The van der Waals surface area contributed by atoms with Crippen LogP contribution < -0.4 is 11.0 Å². The van der Waals surface area contributed by atoms with Gasteiger partial charge in [0.25, 0.3) is 5.91 Å². The molecule has 0 aliphatic rings. The summed E-state index contributed by atoms with van der Waals surface area (Å²) in [5.74, 6) is -5.60. The molecule has 0 unspecified atom stereocenters. The Labute approximate surface area is 152 Å². The third-order valence-electron chi connectivity index (χ3n) is 3.82. The molecule has 136 valence electrons. The van der Waals surface area contributed by atoms with Crippen LogP contribution in [0.15, 0.2) is 40.5 Å². The van der Waals surface area contributed by atoms with Crippen molar-refractivity contribution in [1.82, 2.24) is 15.0 Å². The van der Waals surface area contributed by atoms with Gasteiger partial charge in [-0.3, -0.25) is 10.1 Å². The smallest absolute Gasteiger partial charge is 0.306 e. The normalized spacial score (nSPS) is 11.1. The molecule has 0 fully saturated rings. The highest BCUT2D eigenvalue weighted by molar-refractivity contribution is 7.14. The predicted octanol–water partition coefficient (Wildman–Crippen LogP) is 3.65. The number of aromatic amines is 2. The Hall–Kier alpha value is -3.40. The van der Waals surface area contributed by atoms with Gasteiger partial charge in [0.2, 0.25) is 0 Å². The molecule has 27 heavy (non-hydrogen) atoms. The van der Waals surface area contributed by atoms with Gasteiger partial charge in [-0.15, -0.1) is 11.3 Å². The number of benzene rings is 2. The first-order valence-electron chi connectivity index (χ1n) is 7.55. The molecule has 0 atom stereocenters. The minimum Gasteiger partial charge on any atom is -0.306 e. The molecule has 6 nitrogen and oxygen atoms in total. The van der Waals surface area contributed by atoms with Gasteiger partial charge in [-0.2, -0.15) is 0 Å². The summed E-state index contributed by atoms with van der Waals surface area (Å²) < 4.78 is 40.0. The van der Waals surface area contributed by atoms with E-state index in [1.165, 1.54) is 0 Å². The van der Waals surface area contributed by atoms with E-state index in [0.717, 1.165) is 17.4 Å². The summed E-state index contributed by atoms with van der Waals surface area (Å²) in [6.45, 7) is 0. The van der Waals surface area contributed by atoms with E-state index in [4.69, 9.17) is 0 Å². The maximum absolute atomic E-state index is 13.7. The van der Waals surface area contributed by atoms with Crippen molar-refractivity contribution in [2.75, 3.05) is 5.32 Å². The average Bonchev–Trinajstić information content (AvgIpc) is 3.24. The number of nitrogens with zero attached hydrogens (tertiary/aromatic N) is 1. The molecule has 0 saturated carbocycles. The first-order valence-corrected chi connectivity index (χ1v) is 8.43. The summed E-state index contributed by atoms with van der Waals surface area (Å²) in [7, 11) is 0. The van der Waals surface area contributed by atoms with Crippen LogP contribution in [0.25, 0.3) is 22.3 Å². The zero-order valence-electron chi connectivity index (χ0n) is 13.3. The highest BCUT2D eigenvalue weighted by Crippen LogP contribution is 2.27. The lowest BCUT2D eigenvalue weighted by Crippen LogP contribution is -2.15. The number of thiazole rings is 1. The van der Waals surface area contributed by atoms with Crippen LogP contribution in [-0.2, 0) is 0 Å². The monoisotopic (exact) mass is 390 g/mol. The summed E-state index contributed by atoms with van der Waals surface area (Å²) in [5, 5.41) is 4.16. The molecule has 0 bridgehead atoms. The van der Waals surface area contributed by atoms with Gasteiger partial charge in [0, 0.05) is 10.9 Å². The lowest BCUT2D eigenvalue weighted by atomic mass is 10.1. The standard InChI is InChI=1S/C17H9F3N4O2S/c18-9-3-2-8(13(19)14(9)20)15(25)24-17-23-12(6-27-17)7-1-4-10-11(5-7)22-16(26)21-10/h1-6H,(H2,21,22,26)(H,23,24,25). The zero-order chi connectivity index (χ0) is 19.1. The van der Waals surface area contributed by atoms with E-state index in [0.29, 0.717) is 28.4 Å². The highest BCUT2D eigenvalue weighted by atomic mass is 32.1. The quantitative estimate of drug-likeness (QED) is 0.467. The van der Waals surface area contributed by atoms with E-state index >= 15 is 0 Å². The van der Waals surface area contributed by atoms with E-state index < -0.39 is 28.9 Å². The molecule has 0 aliphatic heterocycles. The molecular weight excluding hydrogens is 381 g/mol. The fraction of sp³-hybridized carbons (Fsp3) is 0. The Morgan fingerprint density at radius 3 is 2.63 bits per heavy atom. The summed E-state index contributed by atoms with van der Waals surface area (Å²) in [4.78, 5) is 32.9. The number of hydrogen-bond donors (Lipinski definition) is 3. The van der Waals surface area contributed by atoms with Crippen LogP contribution in [0.5, 0.6) is 0 Å². The van der Waals surface area contributed by atoms with Gasteiger partial charge in [-0.05, 0) is 24.3 Å². The number of aromatic nitrogens is 3. The lowest BCUT2D eigenvalue weighted by Gasteiger charge is -2.04. The third kappa shape index (κ3) is 3.10. The number of halogens is 3. The van der Waals surface area contributed by atoms with E-state index in [2.05, 4.69) is 20.3 Å². The van der Waals surface area contributed by atoms with Crippen LogP contribution in [0.4, 0.5) is 18.3 Å². The molecule has 2 aromatic carbocycles. The van der Waals surface area contributed by atoms with Crippen molar-refractivity contribution < 1.29 is 18.0 Å². The molecular formula is C17H9F3N4O2S. The average molecular weight is 390 g/mol. The summed E-state index contributed by atoms with van der Waals surface area (Å²) >= 11 is 1.08. The highest BCUT2D eigenvalue weighted by Gasteiger charge is 2.19. The molecule has 0 spiro atoms. The first-order chi connectivity index (χ1) is 12.9. The maximum atomic E-state index is 13.7. The van der Waals surface area contributed by atoms with Crippen molar-refractivity contribution in [2.45, 2.75) is 0 Å². The minimum atomic E-state index is -1.71. The molecule has 10 heteroatoms. The molecule has 4 rings (SSSR count). The Bertz CT molecular complexity index is 1240. The van der Waals surface area contributed by atoms with Crippen molar-refractivity contribution in [3.63, 3.8) is 0 Å². The van der Waals surface area contributed by atoms with Crippen molar-refractivity contribution >= 4 is 33.4 Å². The van der Waals surface area contributed by atoms with E-state index in [-0.39, 0.29) is 10.8 Å². The lowest BCUT2D eigenvalue weighted by molar-refractivity contribution is 0.102. The second-order valence-corrected chi connectivity index (χ2v) is 6.41. The number of imidazole rings is 1. The predicted molar refractivity (Wildman–Crippen MR) is 94.3 cm³/mol. The van der Waals surface area contributed by atoms with Gasteiger partial charge in [-0.25, -0.2) is 22.9 Å². The largest absolute Gasteiger partial charge is 0.323 e. The molecule has 4 aromatic rings. The molecule has 0 saturated heterocycles. The molecule has 3 N–H and O–H groups in total. The van der Waals surface area contributed by atoms with E-state index in [9.17, 15) is 22.8 Å².